The molecule has 2 aromatic rings. The molecular weight excluding hydrogens is 256 g/mol. The molecule has 0 N–H and O–H groups in total. The molecule has 0 saturated carbocycles. The Bertz CT molecular complexity index is 534. The lowest BCUT2D eigenvalue weighted by Crippen LogP contribution is -1.95. The van der Waals surface area contributed by atoms with Crippen LogP contribution in [0.1, 0.15) is 0 Å². The fourth-order valence-corrected chi connectivity index (χ4v) is 1.79. The van der Waals surface area contributed by atoms with Crippen LogP contribution in [0.15, 0.2) is 34.9 Å². The van der Waals surface area contributed by atoms with Crippen molar-refractivity contribution < 1.29 is 4.74 Å². The Balaban J connectivity index is 2.57. The van der Waals surface area contributed by atoms with Crippen molar-refractivity contribution in [2.24, 2.45) is 0 Å². The second kappa shape index (κ2) is 4.28. The predicted molar refractivity (Wildman–Crippen MR) is 60.6 cm³/mol. The summed E-state index contributed by atoms with van der Waals surface area (Å²) in [5, 5.41) is 9.43. The highest BCUT2D eigenvalue weighted by Crippen LogP contribution is 2.29. The van der Waals surface area contributed by atoms with Crippen molar-refractivity contribution in [1.29, 1.82) is 5.26 Å². The van der Waals surface area contributed by atoms with Gasteiger partial charge in [0, 0.05) is 16.1 Å². The summed E-state index contributed by atoms with van der Waals surface area (Å²) in [6, 6.07) is 9.43. The van der Waals surface area contributed by atoms with Crippen molar-refractivity contribution in [3.05, 3.63) is 34.9 Å². The molecule has 2 rings (SSSR count). The van der Waals surface area contributed by atoms with Gasteiger partial charge in [-0.1, -0.05) is 22.0 Å². The van der Waals surface area contributed by atoms with E-state index >= 15 is 0 Å². The van der Waals surface area contributed by atoms with Crippen LogP contribution in [0.2, 0.25) is 0 Å². The highest BCUT2D eigenvalue weighted by molar-refractivity contribution is 9.10. The smallest absolute Gasteiger partial charge is 0.174 e. The largest absolute Gasteiger partial charge is 0.476 e. The first-order valence-corrected chi connectivity index (χ1v) is 5.15. The van der Waals surface area contributed by atoms with Crippen molar-refractivity contribution in [3.63, 3.8) is 0 Å². The molecule has 1 aromatic heterocycles. The van der Waals surface area contributed by atoms with Crippen LogP contribution in [0.25, 0.3) is 10.9 Å². The number of hydrogen-bond acceptors (Lipinski definition) is 3. The van der Waals surface area contributed by atoms with E-state index in [1.807, 2.05) is 24.3 Å². The number of pyridine rings is 1. The lowest BCUT2D eigenvalue weighted by atomic mass is 10.2. The number of aromatic nitrogens is 1. The van der Waals surface area contributed by atoms with Crippen LogP contribution < -0.4 is 4.74 Å². The average molecular weight is 263 g/mol. The summed E-state index contributed by atoms with van der Waals surface area (Å²) in [4.78, 5) is 4.23. The lowest BCUT2D eigenvalue weighted by molar-refractivity contribution is 0.372. The highest BCUT2D eigenvalue weighted by Gasteiger charge is 2.05. The Kier molecular flexibility index (Phi) is 2.84. The third kappa shape index (κ3) is 1.92. The summed E-state index contributed by atoms with van der Waals surface area (Å²) in [7, 11) is 0. The van der Waals surface area contributed by atoms with Crippen molar-refractivity contribution in [2.45, 2.75) is 0 Å². The number of nitrogens with zero attached hydrogens (tertiary/aromatic N) is 2. The molecule has 0 amide bonds. The maximum absolute atomic E-state index is 8.45. The molecule has 0 aliphatic heterocycles. The van der Waals surface area contributed by atoms with Crippen molar-refractivity contribution in [1.82, 2.24) is 4.98 Å². The predicted octanol–water partition coefficient (Wildman–Crippen LogP) is 2.90. The van der Waals surface area contributed by atoms with E-state index in [-0.39, 0.29) is 6.61 Å². The second-order valence-corrected chi connectivity index (χ2v) is 3.75. The van der Waals surface area contributed by atoms with Crippen LogP contribution in [0.5, 0.6) is 5.75 Å². The van der Waals surface area contributed by atoms with Crippen LogP contribution in [-0.4, -0.2) is 11.6 Å². The summed E-state index contributed by atoms with van der Waals surface area (Å²) in [6.07, 6.45) is 1.70. The number of benzene rings is 1. The molecule has 1 heterocycles. The highest BCUT2D eigenvalue weighted by atomic mass is 79.9. The van der Waals surface area contributed by atoms with Gasteiger partial charge in [0.25, 0.3) is 0 Å². The van der Waals surface area contributed by atoms with E-state index in [9.17, 15) is 0 Å². The zero-order valence-corrected chi connectivity index (χ0v) is 9.36. The van der Waals surface area contributed by atoms with Gasteiger partial charge in [-0.3, -0.25) is 4.98 Å². The minimum atomic E-state index is 0.0350. The third-order valence-corrected chi connectivity index (χ3v) is 2.66. The molecule has 0 aliphatic carbocycles. The molecule has 4 heteroatoms. The first-order valence-electron chi connectivity index (χ1n) is 4.36. The molecule has 0 spiro atoms. The number of nitriles is 1. The van der Waals surface area contributed by atoms with Crippen LogP contribution in [0.4, 0.5) is 0 Å². The Morgan fingerprint density at radius 2 is 2.27 bits per heavy atom. The molecule has 0 aliphatic rings. The normalized spacial score (nSPS) is 9.87. The Hall–Kier alpha value is -1.60. The van der Waals surface area contributed by atoms with Gasteiger partial charge in [0.15, 0.2) is 6.61 Å². The van der Waals surface area contributed by atoms with E-state index in [0.29, 0.717) is 5.75 Å². The number of fused-ring (bicyclic) bond motifs is 1. The minimum absolute atomic E-state index is 0.0350. The molecule has 0 unspecified atom stereocenters. The number of halogens is 1. The maximum atomic E-state index is 8.45. The van der Waals surface area contributed by atoms with Gasteiger partial charge in [0.05, 0.1) is 0 Å². The molecule has 0 saturated heterocycles. The number of hydrogen-bond donors (Lipinski definition) is 0. The Morgan fingerprint density at radius 1 is 1.40 bits per heavy atom. The minimum Gasteiger partial charge on any atom is -0.476 e. The summed E-state index contributed by atoms with van der Waals surface area (Å²) >= 11 is 3.44. The number of ether oxygens (including phenoxy) is 1. The molecule has 74 valence electrons. The molecule has 0 bridgehead atoms. The molecular formula is C11H7BrN2O. The zero-order valence-electron chi connectivity index (χ0n) is 7.77. The van der Waals surface area contributed by atoms with E-state index in [4.69, 9.17) is 10.00 Å². The molecule has 0 atom stereocenters. The zero-order chi connectivity index (χ0) is 10.7. The van der Waals surface area contributed by atoms with Crippen molar-refractivity contribution in [2.75, 3.05) is 6.61 Å². The molecule has 3 nitrogen and oxygen atoms in total. The van der Waals surface area contributed by atoms with Gasteiger partial charge in [-0.15, -0.1) is 0 Å². The van der Waals surface area contributed by atoms with E-state index < -0.39 is 0 Å². The first kappa shape index (κ1) is 9.94. The topological polar surface area (TPSA) is 45.9 Å². The lowest BCUT2D eigenvalue weighted by Gasteiger charge is -2.06. The van der Waals surface area contributed by atoms with Gasteiger partial charge >= 0.3 is 0 Å². The summed E-state index contributed by atoms with van der Waals surface area (Å²) in [5.41, 5.74) is 0.766. The van der Waals surface area contributed by atoms with Gasteiger partial charge in [-0.05, 0) is 18.2 Å². The van der Waals surface area contributed by atoms with Gasteiger partial charge in [0.2, 0.25) is 0 Å². The van der Waals surface area contributed by atoms with Gasteiger partial charge in [0.1, 0.15) is 17.3 Å². The molecule has 1 aromatic carbocycles. The maximum Gasteiger partial charge on any atom is 0.174 e. The quantitative estimate of drug-likeness (QED) is 0.836. The van der Waals surface area contributed by atoms with E-state index in [0.717, 1.165) is 15.4 Å². The third-order valence-electron chi connectivity index (χ3n) is 1.97. The SMILES string of the molecule is N#CCOc1ccc(Br)c2cccnc12. The Morgan fingerprint density at radius 3 is 3.07 bits per heavy atom. The van der Waals surface area contributed by atoms with Crippen LogP contribution in [0, 0.1) is 11.3 Å². The van der Waals surface area contributed by atoms with Gasteiger partial charge < -0.3 is 4.74 Å². The van der Waals surface area contributed by atoms with E-state index in [1.54, 1.807) is 12.3 Å². The standard InChI is InChI=1S/C11H7BrN2O/c12-9-3-4-10(15-7-5-13)11-8(9)2-1-6-14-11/h1-4,6H,7H2. The van der Waals surface area contributed by atoms with Crippen molar-refractivity contribution >= 4 is 26.8 Å². The fraction of sp³-hybridized carbons (Fsp3) is 0.0909. The second-order valence-electron chi connectivity index (χ2n) is 2.89. The molecule has 15 heavy (non-hydrogen) atoms. The van der Waals surface area contributed by atoms with Gasteiger partial charge in [-0.25, -0.2) is 0 Å². The van der Waals surface area contributed by atoms with Gasteiger partial charge in [-0.2, -0.15) is 5.26 Å². The summed E-state index contributed by atoms with van der Waals surface area (Å²) in [6.45, 7) is 0.0350. The average Bonchev–Trinajstić information content (AvgIpc) is 2.29. The van der Waals surface area contributed by atoms with Crippen molar-refractivity contribution in [3.8, 4) is 11.8 Å². The Labute approximate surface area is 95.4 Å². The monoisotopic (exact) mass is 262 g/mol. The first-order chi connectivity index (χ1) is 7.33. The summed E-state index contributed by atoms with van der Waals surface area (Å²) < 4.78 is 6.25. The van der Waals surface area contributed by atoms with E-state index in [2.05, 4.69) is 20.9 Å². The molecule has 0 fully saturated rings. The summed E-state index contributed by atoms with van der Waals surface area (Å²) in [5.74, 6) is 0.635. The molecule has 0 radical (unpaired) electrons. The van der Waals surface area contributed by atoms with E-state index in [1.165, 1.54) is 0 Å². The number of rotatable bonds is 2. The fourth-order valence-electron chi connectivity index (χ4n) is 1.34. The van der Waals surface area contributed by atoms with Crippen LogP contribution in [0.3, 0.4) is 0 Å². The van der Waals surface area contributed by atoms with Crippen LogP contribution in [-0.2, 0) is 0 Å². The van der Waals surface area contributed by atoms with Crippen LogP contribution >= 0.6 is 15.9 Å².